The van der Waals surface area contributed by atoms with E-state index in [0.29, 0.717) is 18.9 Å². The molecule has 1 aromatic carbocycles. The molecular weight excluding hydrogens is 260 g/mol. The lowest BCUT2D eigenvalue weighted by atomic mass is 9.98. The minimum atomic E-state index is 0.251. The molecule has 2 rings (SSSR count). The van der Waals surface area contributed by atoms with Crippen LogP contribution in [0.25, 0.3) is 0 Å². The van der Waals surface area contributed by atoms with Gasteiger partial charge in [0.25, 0.3) is 0 Å². The van der Waals surface area contributed by atoms with E-state index in [1.54, 1.807) is 0 Å². The Morgan fingerprint density at radius 2 is 1.86 bits per heavy atom. The maximum atomic E-state index is 12.4. The molecule has 112 valence electrons. The van der Waals surface area contributed by atoms with Crippen LogP contribution in [0.5, 0.6) is 0 Å². The van der Waals surface area contributed by atoms with Crippen molar-refractivity contribution in [3.8, 4) is 0 Å². The largest absolute Gasteiger partial charge is 0.292 e. The van der Waals surface area contributed by atoms with E-state index in [1.165, 1.54) is 16.7 Å². The van der Waals surface area contributed by atoms with Gasteiger partial charge in [0.15, 0.2) is 6.20 Å². The molecular formula is C18H25N2O+. The van der Waals surface area contributed by atoms with Gasteiger partial charge >= 0.3 is 0 Å². The molecule has 0 aliphatic rings. The highest BCUT2D eigenvalue weighted by Gasteiger charge is 2.16. The molecule has 0 aliphatic heterocycles. The molecule has 3 nitrogen and oxygen atoms in total. The van der Waals surface area contributed by atoms with Crippen molar-refractivity contribution in [3.63, 3.8) is 0 Å². The smallest absolute Gasteiger partial charge is 0.230 e. The molecule has 0 bridgehead atoms. The number of aryl methyl sites for hydroxylation is 2. The second kappa shape index (κ2) is 6.70. The van der Waals surface area contributed by atoms with Gasteiger partial charge in [0.05, 0.1) is 12.7 Å². The molecule has 1 heterocycles. The number of hydrogen-bond acceptors (Lipinski definition) is 1. The Balaban J connectivity index is 2.07. The van der Waals surface area contributed by atoms with Gasteiger partial charge in [0.2, 0.25) is 12.3 Å². The summed E-state index contributed by atoms with van der Waals surface area (Å²) in [7, 11) is 0. The molecule has 0 saturated heterocycles. The van der Waals surface area contributed by atoms with Crippen molar-refractivity contribution in [3.05, 3.63) is 53.3 Å². The third-order valence-electron chi connectivity index (χ3n) is 3.76. The van der Waals surface area contributed by atoms with Crippen molar-refractivity contribution in [2.45, 2.75) is 47.2 Å². The van der Waals surface area contributed by atoms with E-state index >= 15 is 0 Å². The summed E-state index contributed by atoms with van der Waals surface area (Å²) >= 11 is 0. The first-order valence-electron chi connectivity index (χ1n) is 7.59. The molecule has 0 radical (unpaired) electrons. The molecule has 0 saturated carbocycles. The highest BCUT2D eigenvalue weighted by Crippen LogP contribution is 2.14. The average Bonchev–Trinajstić information content (AvgIpc) is 2.80. The van der Waals surface area contributed by atoms with Crippen LogP contribution in [-0.2, 0) is 24.3 Å². The fourth-order valence-electron chi connectivity index (χ4n) is 2.65. The topological polar surface area (TPSA) is 25.9 Å². The molecule has 2 aromatic rings. The summed E-state index contributed by atoms with van der Waals surface area (Å²) in [4.78, 5) is 12.4. The van der Waals surface area contributed by atoms with Gasteiger partial charge in [-0.2, -0.15) is 4.68 Å². The normalized spacial score (nSPS) is 11.1. The van der Waals surface area contributed by atoms with E-state index in [0.717, 1.165) is 6.54 Å². The molecule has 21 heavy (non-hydrogen) atoms. The van der Waals surface area contributed by atoms with Crippen molar-refractivity contribution in [2.24, 2.45) is 5.92 Å². The zero-order valence-electron chi connectivity index (χ0n) is 13.5. The predicted octanol–water partition coefficient (Wildman–Crippen LogP) is 2.86. The lowest BCUT2D eigenvalue weighted by Gasteiger charge is -2.09. The lowest BCUT2D eigenvalue weighted by Crippen LogP contribution is -2.46. The van der Waals surface area contributed by atoms with Crippen LogP contribution >= 0.6 is 0 Å². The van der Waals surface area contributed by atoms with Gasteiger partial charge in [-0.05, 0) is 36.5 Å². The zero-order valence-corrected chi connectivity index (χ0v) is 13.5. The molecule has 0 fully saturated rings. The number of Topliss-reactive ketones (excluding diaryl/α,β-unsaturated/α-hetero) is 1. The van der Waals surface area contributed by atoms with Gasteiger partial charge in [-0.3, -0.25) is 4.79 Å². The van der Waals surface area contributed by atoms with Gasteiger partial charge in [0.1, 0.15) is 0 Å². The van der Waals surface area contributed by atoms with Crippen LogP contribution in [0.15, 0.2) is 36.7 Å². The van der Waals surface area contributed by atoms with Crippen LogP contribution in [0.4, 0.5) is 0 Å². The van der Waals surface area contributed by atoms with E-state index in [-0.39, 0.29) is 5.78 Å². The number of hydrogen-bond donors (Lipinski definition) is 0. The molecule has 0 spiro atoms. The number of carbonyl (C=O) groups is 1. The standard InChI is InChI=1S/C18H25N2O/c1-14(2)12-19-9-6-10-20(19)13-17(21)11-18-15(3)7-5-8-16(18)4/h5-10,14H,11-13H2,1-4H3/q+1. The quantitative estimate of drug-likeness (QED) is 0.749. The molecule has 0 aliphatic carbocycles. The molecule has 0 unspecified atom stereocenters. The van der Waals surface area contributed by atoms with Crippen LogP contribution in [0.3, 0.4) is 0 Å². The molecule has 0 atom stereocenters. The molecule has 0 amide bonds. The van der Waals surface area contributed by atoms with Crippen molar-refractivity contribution in [1.82, 2.24) is 4.68 Å². The monoisotopic (exact) mass is 285 g/mol. The number of rotatable bonds is 6. The zero-order chi connectivity index (χ0) is 15.4. The fraction of sp³-hybridized carbons (Fsp3) is 0.444. The number of carbonyl (C=O) groups excluding carboxylic acids is 1. The molecule has 0 N–H and O–H groups in total. The summed E-state index contributed by atoms with van der Waals surface area (Å²) in [6, 6.07) is 8.18. The van der Waals surface area contributed by atoms with E-state index in [1.807, 2.05) is 29.2 Å². The minimum absolute atomic E-state index is 0.251. The van der Waals surface area contributed by atoms with Crippen molar-refractivity contribution in [1.29, 1.82) is 0 Å². The third kappa shape index (κ3) is 4.03. The van der Waals surface area contributed by atoms with Gasteiger partial charge < -0.3 is 0 Å². The predicted molar refractivity (Wildman–Crippen MR) is 84.1 cm³/mol. The second-order valence-corrected chi connectivity index (χ2v) is 6.19. The van der Waals surface area contributed by atoms with E-state index in [4.69, 9.17) is 0 Å². The molecule has 1 aromatic heterocycles. The Kier molecular flexibility index (Phi) is 4.94. The SMILES string of the molecule is Cc1cccc(C)c1CC(=O)C[n+]1cccn1CC(C)C. The van der Waals surface area contributed by atoms with Crippen LogP contribution in [0.2, 0.25) is 0 Å². The van der Waals surface area contributed by atoms with Gasteiger partial charge in [-0.1, -0.05) is 32.0 Å². The maximum absolute atomic E-state index is 12.4. The first-order chi connectivity index (χ1) is 9.97. The van der Waals surface area contributed by atoms with Gasteiger partial charge in [-0.25, -0.2) is 0 Å². The fourth-order valence-corrected chi connectivity index (χ4v) is 2.65. The van der Waals surface area contributed by atoms with E-state index in [9.17, 15) is 4.79 Å². The summed E-state index contributed by atoms with van der Waals surface area (Å²) in [5, 5.41) is 0. The van der Waals surface area contributed by atoms with E-state index in [2.05, 4.69) is 44.5 Å². The van der Waals surface area contributed by atoms with Crippen LogP contribution < -0.4 is 4.68 Å². The first kappa shape index (κ1) is 15.5. The Morgan fingerprint density at radius 1 is 1.19 bits per heavy atom. The number of aromatic nitrogens is 2. The second-order valence-electron chi connectivity index (χ2n) is 6.19. The Bertz CT molecular complexity index is 606. The highest BCUT2D eigenvalue weighted by atomic mass is 16.1. The average molecular weight is 285 g/mol. The summed E-state index contributed by atoms with van der Waals surface area (Å²) in [5.41, 5.74) is 3.57. The van der Waals surface area contributed by atoms with Crippen molar-refractivity contribution in [2.75, 3.05) is 0 Å². The molecule has 3 heteroatoms. The lowest BCUT2D eigenvalue weighted by molar-refractivity contribution is -0.764. The van der Waals surface area contributed by atoms with Gasteiger partial charge in [0, 0.05) is 12.5 Å². The minimum Gasteiger partial charge on any atom is -0.292 e. The highest BCUT2D eigenvalue weighted by molar-refractivity contribution is 5.80. The summed E-state index contributed by atoms with van der Waals surface area (Å²) in [6.07, 6.45) is 4.52. The van der Waals surface area contributed by atoms with Crippen molar-refractivity contribution < 1.29 is 9.48 Å². The van der Waals surface area contributed by atoms with Crippen molar-refractivity contribution >= 4 is 5.78 Å². The first-order valence-corrected chi connectivity index (χ1v) is 7.59. The Hall–Kier alpha value is -1.90. The van der Waals surface area contributed by atoms with E-state index < -0.39 is 0 Å². The van der Waals surface area contributed by atoms with Gasteiger partial charge in [-0.15, -0.1) is 4.68 Å². The summed E-state index contributed by atoms with van der Waals surface area (Å²) < 4.78 is 4.13. The summed E-state index contributed by atoms with van der Waals surface area (Å²) in [6.45, 7) is 9.89. The summed E-state index contributed by atoms with van der Waals surface area (Å²) in [5.74, 6) is 0.818. The van der Waals surface area contributed by atoms with Crippen LogP contribution in [0, 0.1) is 19.8 Å². The number of benzene rings is 1. The number of ketones is 1. The number of nitrogens with zero attached hydrogens (tertiary/aromatic N) is 2. The third-order valence-corrected chi connectivity index (χ3v) is 3.76. The maximum Gasteiger partial charge on any atom is 0.230 e. The van der Waals surface area contributed by atoms with Crippen LogP contribution in [0.1, 0.15) is 30.5 Å². The van der Waals surface area contributed by atoms with Crippen LogP contribution in [-0.4, -0.2) is 10.5 Å². The Morgan fingerprint density at radius 3 is 2.48 bits per heavy atom. The Labute approximate surface area is 127 Å².